The summed E-state index contributed by atoms with van der Waals surface area (Å²) in [6.07, 6.45) is 6.37. The van der Waals surface area contributed by atoms with E-state index in [0.29, 0.717) is 13.0 Å². The van der Waals surface area contributed by atoms with Crippen molar-refractivity contribution in [3.8, 4) is 0 Å². The molecule has 1 heterocycles. The summed E-state index contributed by atoms with van der Waals surface area (Å²) in [6, 6.07) is 20.6. The molecular weight excluding hydrogens is 400 g/mol. The van der Waals surface area contributed by atoms with Crippen molar-refractivity contribution in [2.75, 3.05) is 6.54 Å². The Kier molecular flexibility index (Phi) is 7.05. The molecule has 4 rings (SSSR count). The molecule has 5 heteroatoms. The van der Waals surface area contributed by atoms with Crippen molar-refractivity contribution < 1.29 is 14.0 Å². The lowest BCUT2D eigenvalue weighted by atomic mass is 10.0. The number of hydrogen-bond acceptors (Lipinski definition) is 3. The molecule has 2 aromatic carbocycles. The van der Waals surface area contributed by atoms with E-state index in [1.807, 2.05) is 36.4 Å². The first-order valence-corrected chi connectivity index (χ1v) is 11.4. The molecule has 2 amide bonds. The van der Waals surface area contributed by atoms with Crippen LogP contribution >= 0.6 is 0 Å². The molecule has 3 aromatic rings. The van der Waals surface area contributed by atoms with Crippen molar-refractivity contribution in [2.45, 2.75) is 51.1 Å². The third-order valence-corrected chi connectivity index (χ3v) is 6.09. The maximum absolute atomic E-state index is 13.5. The molecule has 0 unspecified atom stereocenters. The van der Waals surface area contributed by atoms with Crippen LogP contribution in [0.2, 0.25) is 0 Å². The summed E-state index contributed by atoms with van der Waals surface area (Å²) in [5, 5.41) is 3.20. The third-order valence-electron chi connectivity index (χ3n) is 6.09. The highest BCUT2D eigenvalue weighted by Gasteiger charge is 2.34. The molecule has 1 aromatic heterocycles. The predicted octanol–water partition coefficient (Wildman–Crippen LogP) is 5.07. The smallest absolute Gasteiger partial charge is 0.290 e. The normalized spacial score (nSPS) is 14.8. The van der Waals surface area contributed by atoms with E-state index in [2.05, 4.69) is 30.4 Å². The van der Waals surface area contributed by atoms with Crippen molar-refractivity contribution in [3.63, 3.8) is 0 Å². The zero-order valence-electron chi connectivity index (χ0n) is 18.5. The molecule has 5 nitrogen and oxygen atoms in total. The van der Waals surface area contributed by atoms with Crippen LogP contribution in [0.3, 0.4) is 0 Å². The van der Waals surface area contributed by atoms with E-state index in [1.165, 1.54) is 11.8 Å². The van der Waals surface area contributed by atoms with Gasteiger partial charge in [-0.25, -0.2) is 0 Å². The predicted molar refractivity (Wildman–Crippen MR) is 124 cm³/mol. The van der Waals surface area contributed by atoms with Gasteiger partial charge in [-0.15, -0.1) is 0 Å². The fourth-order valence-electron chi connectivity index (χ4n) is 4.47. The van der Waals surface area contributed by atoms with Crippen LogP contribution in [0.5, 0.6) is 0 Å². The molecule has 0 aliphatic heterocycles. The van der Waals surface area contributed by atoms with Crippen molar-refractivity contribution >= 4 is 11.8 Å². The van der Waals surface area contributed by atoms with E-state index < -0.39 is 6.04 Å². The number of aryl methyl sites for hydroxylation is 1. The summed E-state index contributed by atoms with van der Waals surface area (Å²) in [4.78, 5) is 28.7. The Morgan fingerprint density at radius 2 is 1.81 bits per heavy atom. The van der Waals surface area contributed by atoms with Crippen LogP contribution in [0.15, 0.2) is 77.4 Å². The first-order chi connectivity index (χ1) is 15.6. The summed E-state index contributed by atoms with van der Waals surface area (Å²) in [5.74, 6) is -0.172. The van der Waals surface area contributed by atoms with Crippen LogP contribution in [0, 0.1) is 6.92 Å². The van der Waals surface area contributed by atoms with E-state index in [-0.39, 0.29) is 23.6 Å². The molecule has 0 saturated heterocycles. The molecule has 1 aliphatic rings. The van der Waals surface area contributed by atoms with Crippen molar-refractivity contribution in [1.29, 1.82) is 0 Å². The average molecular weight is 431 g/mol. The minimum Gasteiger partial charge on any atom is -0.459 e. The van der Waals surface area contributed by atoms with Gasteiger partial charge in [-0.05, 0) is 49.4 Å². The Bertz CT molecular complexity index is 1020. The van der Waals surface area contributed by atoms with Crippen LogP contribution < -0.4 is 5.32 Å². The summed E-state index contributed by atoms with van der Waals surface area (Å²) in [5.41, 5.74) is 3.10. The molecule has 1 aliphatic carbocycles. The highest BCUT2D eigenvalue weighted by atomic mass is 16.3. The number of nitrogens with zero attached hydrogens (tertiary/aromatic N) is 1. The van der Waals surface area contributed by atoms with Gasteiger partial charge in [0, 0.05) is 12.6 Å². The highest BCUT2D eigenvalue weighted by molar-refractivity contribution is 5.96. The minimum absolute atomic E-state index is 0.132. The lowest BCUT2D eigenvalue weighted by molar-refractivity contribution is -0.126. The topological polar surface area (TPSA) is 62.6 Å². The van der Waals surface area contributed by atoms with Crippen molar-refractivity contribution in [2.24, 2.45) is 0 Å². The Balaban J connectivity index is 1.66. The molecular formula is C27H30N2O3. The lowest BCUT2D eigenvalue weighted by Gasteiger charge is -2.32. The van der Waals surface area contributed by atoms with Crippen LogP contribution in [0.25, 0.3) is 0 Å². The summed E-state index contributed by atoms with van der Waals surface area (Å²) in [7, 11) is 0. The second-order valence-electron chi connectivity index (χ2n) is 8.52. The van der Waals surface area contributed by atoms with E-state index >= 15 is 0 Å². The van der Waals surface area contributed by atoms with E-state index in [1.54, 1.807) is 17.0 Å². The van der Waals surface area contributed by atoms with Crippen LogP contribution in [-0.2, 0) is 11.2 Å². The summed E-state index contributed by atoms with van der Waals surface area (Å²) in [6.45, 7) is 2.46. The Hall–Kier alpha value is -3.34. The zero-order valence-corrected chi connectivity index (χ0v) is 18.5. The fourth-order valence-corrected chi connectivity index (χ4v) is 4.47. The van der Waals surface area contributed by atoms with Crippen molar-refractivity contribution in [1.82, 2.24) is 10.2 Å². The van der Waals surface area contributed by atoms with Gasteiger partial charge < -0.3 is 14.6 Å². The number of nitrogens with one attached hydrogen (secondary N) is 1. The van der Waals surface area contributed by atoms with Gasteiger partial charge in [0.2, 0.25) is 5.91 Å². The SMILES string of the molecule is Cc1cccc(CCN(C(=O)c2ccco2)[C@H](C(=O)NC2CCCC2)c2ccccc2)c1. The Labute approximate surface area is 189 Å². The van der Waals surface area contributed by atoms with Crippen LogP contribution in [0.4, 0.5) is 0 Å². The fraction of sp³-hybridized carbons (Fsp3) is 0.333. The maximum atomic E-state index is 13.5. The number of amides is 2. The quantitative estimate of drug-likeness (QED) is 0.542. The summed E-state index contributed by atoms with van der Waals surface area (Å²) < 4.78 is 5.42. The second-order valence-corrected chi connectivity index (χ2v) is 8.52. The number of carbonyl (C=O) groups excluding carboxylic acids is 2. The molecule has 1 atom stereocenters. The molecule has 1 N–H and O–H groups in total. The maximum Gasteiger partial charge on any atom is 0.290 e. The summed E-state index contributed by atoms with van der Waals surface area (Å²) >= 11 is 0. The minimum atomic E-state index is -0.723. The number of carbonyl (C=O) groups is 2. The molecule has 1 saturated carbocycles. The average Bonchev–Trinajstić information content (AvgIpc) is 3.51. The second kappa shape index (κ2) is 10.3. The molecule has 0 bridgehead atoms. The van der Waals surface area contributed by atoms with Crippen molar-refractivity contribution in [3.05, 3.63) is 95.4 Å². The van der Waals surface area contributed by atoms with Gasteiger partial charge in [-0.1, -0.05) is 73.0 Å². The Morgan fingerprint density at radius 1 is 1.03 bits per heavy atom. The number of rotatable bonds is 8. The molecule has 0 spiro atoms. The number of hydrogen-bond donors (Lipinski definition) is 1. The van der Waals surface area contributed by atoms with Crippen LogP contribution in [0.1, 0.15) is 59.0 Å². The van der Waals surface area contributed by atoms with E-state index in [0.717, 1.165) is 36.8 Å². The monoisotopic (exact) mass is 430 g/mol. The molecule has 32 heavy (non-hydrogen) atoms. The first-order valence-electron chi connectivity index (χ1n) is 11.4. The van der Waals surface area contributed by atoms with Gasteiger partial charge in [-0.3, -0.25) is 9.59 Å². The Morgan fingerprint density at radius 3 is 2.50 bits per heavy atom. The van der Waals surface area contributed by atoms with Gasteiger partial charge in [0.25, 0.3) is 5.91 Å². The van der Waals surface area contributed by atoms with E-state index in [9.17, 15) is 9.59 Å². The number of furan rings is 1. The third kappa shape index (κ3) is 5.28. The van der Waals surface area contributed by atoms with Gasteiger partial charge in [0.1, 0.15) is 6.04 Å². The van der Waals surface area contributed by atoms with Gasteiger partial charge >= 0.3 is 0 Å². The van der Waals surface area contributed by atoms with E-state index in [4.69, 9.17) is 4.42 Å². The zero-order chi connectivity index (χ0) is 22.3. The first kappa shape index (κ1) is 21.9. The highest BCUT2D eigenvalue weighted by Crippen LogP contribution is 2.26. The van der Waals surface area contributed by atoms with Crippen LogP contribution in [-0.4, -0.2) is 29.3 Å². The number of benzene rings is 2. The van der Waals surface area contributed by atoms with Gasteiger partial charge in [-0.2, -0.15) is 0 Å². The lowest BCUT2D eigenvalue weighted by Crippen LogP contribution is -2.46. The largest absolute Gasteiger partial charge is 0.459 e. The standard InChI is InChI=1S/C27H30N2O3/c1-20-9-7-10-21(19-20)16-17-29(27(31)24-15-8-18-32-24)25(22-11-3-2-4-12-22)26(30)28-23-13-5-6-14-23/h2-4,7-12,15,18-19,23,25H,5-6,13-14,16-17H2,1H3,(H,28,30)/t25-/m0/s1. The molecule has 0 radical (unpaired) electrons. The van der Waals surface area contributed by atoms with Gasteiger partial charge in [0.05, 0.1) is 6.26 Å². The molecule has 1 fully saturated rings. The van der Waals surface area contributed by atoms with Gasteiger partial charge in [0.15, 0.2) is 5.76 Å². The molecule has 166 valence electrons.